The summed E-state index contributed by atoms with van der Waals surface area (Å²) in [6.07, 6.45) is 0. The fraction of sp³-hybridized carbons (Fsp3) is 0.857. The van der Waals surface area contributed by atoms with Gasteiger partial charge in [-0.25, -0.2) is 0 Å². The van der Waals surface area contributed by atoms with Crippen LogP contribution in [0.3, 0.4) is 0 Å². The Morgan fingerprint density at radius 3 is 1.50 bits per heavy atom. The molecule has 0 aromatic heterocycles. The average molecular weight is 329 g/mol. The van der Waals surface area contributed by atoms with Gasteiger partial charge in [-0.1, -0.05) is 0 Å². The Balaban J connectivity index is 5.39. The molecule has 0 amide bonds. The van der Waals surface area contributed by atoms with Crippen LogP contribution in [-0.2, 0) is 0 Å². The molecule has 0 spiro atoms. The van der Waals surface area contributed by atoms with E-state index in [1.165, 1.54) is 0 Å². The summed E-state index contributed by atoms with van der Waals surface area (Å²) >= 11 is -1.85. The molecule has 0 aliphatic heterocycles. The molecule has 2 heteroatoms. The Morgan fingerprint density at radius 2 is 1.31 bits per heavy atom. The number of allylic oxidation sites excluding steroid dienone is 1. The maximum absolute atomic E-state index is 2.69. The summed E-state index contributed by atoms with van der Waals surface area (Å²) < 4.78 is 2.69. The zero-order valence-corrected chi connectivity index (χ0v) is 16.0. The normalized spacial score (nSPS) is 15.2. The predicted octanol–water partition coefficient (Wildman–Crippen LogP) is 5.30. The standard InChI is InChI=1S/C11H22B.3CH3.Sn/c1-9(10(2,3)4)12(8)11(5,6)7;;;;/h1H,2-8H3;3*1H3;. The molecule has 0 N–H and O–H groups in total. The quantitative estimate of drug-likeness (QED) is 0.603. The fourth-order valence-electron chi connectivity index (χ4n) is 1.92. The summed E-state index contributed by atoms with van der Waals surface area (Å²) in [6, 6.07) is 0. The first kappa shape index (κ1) is 16.6. The second kappa shape index (κ2) is 5.08. The topological polar surface area (TPSA) is 0 Å². The van der Waals surface area contributed by atoms with Gasteiger partial charge >= 0.3 is 109 Å². The van der Waals surface area contributed by atoms with Gasteiger partial charge in [0.2, 0.25) is 0 Å². The molecule has 0 heterocycles. The molecule has 0 saturated carbocycles. The van der Waals surface area contributed by atoms with Crippen molar-refractivity contribution in [1.82, 2.24) is 0 Å². The van der Waals surface area contributed by atoms with Gasteiger partial charge in [0, 0.05) is 0 Å². The molecule has 0 aliphatic carbocycles. The van der Waals surface area contributed by atoms with Gasteiger partial charge in [-0.3, -0.25) is 0 Å². The number of hydrogen-bond donors (Lipinski definition) is 0. The van der Waals surface area contributed by atoms with Crippen molar-refractivity contribution in [3.05, 3.63) is 9.56 Å². The Hall–Kier alpha value is 0.604. The molecule has 0 saturated heterocycles. The zero-order chi connectivity index (χ0) is 13.4. The van der Waals surface area contributed by atoms with Crippen molar-refractivity contribution >= 4 is 25.1 Å². The molecule has 0 aromatic rings. The Labute approximate surface area is 108 Å². The molecule has 0 aromatic carbocycles. The third-order valence-corrected chi connectivity index (χ3v) is 6.58. The van der Waals surface area contributed by atoms with Crippen LogP contribution < -0.4 is 0 Å². The Morgan fingerprint density at radius 1 is 0.938 bits per heavy atom. The minimum atomic E-state index is -1.85. The van der Waals surface area contributed by atoms with Crippen molar-refractivity contribution in [3.8, 4) is 0 Å². The second-order valence-corrected chi connectivity index (χ2v) is 22.6. The van der Waals surface area contributed by atoms with E-state index >= 15 is 0 Å². The molecule has 0 nitrogen and oxygen atoms in total. The third kappa shape index (κ3) is 5.79. The van der Waals surface area contributed by atoms with Crippen LogP contribution in [0.4, 0.5) is 0 Å². The van der Waals surface area contributed by atoms with Crippen molar-refractivity contribution in [3.63, 3.8) is 0 Å². The molecule has 0 unspecified atom stereocenters. The summed E-state index contributed by atoms with van der Waals surface area (Å²) in [7, 11) is 0. The summed E-state index contributed by atoms with van der Waals surface area (Å²) in [4.78, 5) is 7.49. The average Bonchev–Trinajstić information content (AvgIpc) is 1.93. The first-order valence-corrected chi connectivity index (χ1v) is 16.7. The van der Waals surface area contributed by atoms with Crippen LogP contribution in [0.5, 0.6) is 0 Å². The maximum atomic E-state index is 2.69. The summed E-state index contributed by atoms with van der Waals surface area (Å²) in [6.45, 7) is 17.2. The molecule has 0 fully saturated rings. The van der Waals surface area contributed by atoms with Crippen molar-refractivity contribution in [1.29, 1.82) is 0 Å². The first-order chi connectivity index (χ1) is 6.75. The minimum absolute atomic E-state index is 0.316. The van der Waals surface area contributed by atoms with Gasteiger partial charge in [0.15, 0.2) is 0 Å². The van der Waals surface area contributed by atoms with Gasteiger partial charge in [0.1, 0.15) is 0 Å². The van der Waals surface area contributed by atoms with Crippen LogP contribution in [-0.4, -0.2) is 25.1 Å². The van der Waals surface area contributed by atoms with Crippen LogP contribution >= 0.6 is 0 Å². The molecule has 16 heavy (non-hydrogen) atoms. The van der Waals surface area contributed by atoms with Crippen LogP contribution in [0.1, 0.15) is 41.5 Å². The molecular weight excluding hydrogens is 298 g/mol. The summed E-state index contributed by atoms with van der Waals surface area (Å²) in [5, 5.41) is 0.371. The summed E-state index contributed by atoms with van der Waals surface area (Å²) in [5.74, 6) is 0. The van der Waals surface area contributed by atoms with E-state index in [1.54, 1.807) is 5.47 Å². The van der Waals surface area contributed by atoms with Gasteiger partial charge in [-0.2, -0.15) is 0 Å². The van der Waals surface area contributed by atoms with Crippen LogP contribution in [0.25, 0.3) is 0 Å². The van der Waals surface area contributed by atoms with Crippen LogP contribution in [0, 0.1) is 5.41 Å². The monoisotopic (exact) mass is 330 g/mol. The van der Waals surface area contributed by atoms with Crippen molar-refractivity contribution < 1.29 is 0 Å². The summed E-state index contributed by atoms with van der Waals surface area (Å²) in [5.41, 5.74) is 2.00. The molecular formula is C14H31BSn. The van der Waals surface area contributed by atoms with E-state index in [0.717, 1.165) is 0 Å². The van der Waals surface area contributed by atoms with Crippen molar-refractivity contribution in [2.75, 3.05) is 0 Å². The number of hydrogen-bond acceptors (Lipinski definition) is 0. The number of rotatable bonds is 2. The van der Waals surface area contributed by atoms with E-state index in [-0.39, 0.29) is 0 Å². The fourth-order valence-corrected chi connectivity index (χ4v) is 6.54. The zero-order valence-electron chi connectivity index (χ0n) is 13.2. The molecule has 0 radical (unpaired) electrons. The molecule has 0 atom stereocenters. The third-order valence-electron chi connectivity index (χ3n) is 3.22. The van der Waals surface area contributed by atoms with Gasteiger partial charge in [0.25, 0.3) is 0 Å². The van der Waals surface area contributed by atoms with Gasteiger partial charge in [-0.15, -0.1) is 0 Å². The SMILES string of the molecule is CB(/C(=[CH]\[Sn]([CH3])([CH3])[CH3])C(C)(C)C)C(C)(C)C. The Bertz CT molecular complexity index is 258. The molecule has 0 aliphatic rings. The van der Waals surface area contributed by atoms with Crippen LogP contribution in [0.2, 0.25) is 27.0 Å². The van der Waals surface area contributed by atoms with E-state index in [2.05, 4.69) is 67.3 Å². The predicted molar refractivity (Wildman–Crippen MR) is 82.2 cm³/mol. The molecule has 94 valence electrons. The Kier molecular flexibility index (Phi) is 5.27. The van der Waals surface area contributed by atoms with Crippen LogP contribution in [0.15, 0.2) is 9.56 Å². The molecule has 0 rings (SSSR count). The second-order valence-electron chi connectivity index (χ2n) is 8.30. The first-order valence-electron chi connectivity index (χ1n) is 6.48. The molecule has 0 bridgehead atoms. The van der Waals surface area contributed by atoms with E-state index in [0.29, 0.717) is 17.4 Å². The van der Waals surface area contributed by atoms with Crippen molar-refractivity contribution in [2.45, 2.75) is 68.5 Å². The van der Waals surface area contributed by atoms with Crippen molar-refractivity contribution in [2.24, 2.45) is 5.41 Å². The van der Waals surface area contributed by atoms with Gasteiger partial charge < -0.3 is 0 Å². The van der Waals surface area contributed by atoms with Gasteiger partial charge in [-0.05, 0) is 0 Å². The van der Waals surface area contributed by atoms with E-state index in [1.807, 2.05) is 0 Å². The van der Waals surface area contributed by atoms with Gasteiger partial charge in [0.05, 0.1) is 0 Å². The van der Waals surface area contributed by atoms with E-state index in [4.69, 9.17) is 0 Å². The van der Waals surface area contributed by atoms with E-state index < -0.39 is 18.4 Å². The van der Waals surface area contributed by atoms with E-state index in [9.17, 15) is 0 Å².